The Balaban J connectivity index is 2.67. The minimum atomic E-state index is -3.19. The van der Waals surface area contributed by atoms with Crippen molar-refractivity contribution in [2.24, 2.45) is 0 Å². The molecular weight excluding hydrogens is 250 g/mol. The van der Waals surface area contributed by atoms with Crippen LogP contribution in [-0.2, 0) is 9.84 Å². The smallest absolute Gasteiger partial charge is 0.178 e. The molecule has 0 heterocycles. The minimum Gasteiger partial charge on any atom is -0.497 e. The second-order valence-corrected chi connectivity index (χ2v) is 6.35. The van der Waals surface area contributed by atoms with E-state index in [1.807, 2.05) is 13.8 Å². The zero-order chi connectivity index (χ0) is 13.6. The number of hydrogen-bond donors (Lipinski definition) is 1. The van der Waals surface area contributed by atoms with Gasteiger partial charge in [-0.25, -0.2) is 8.42 Å². The summed E-state index contributed by atoms with van der Waals surface area (Å²) in [5.74, 6) is 0.822. The molecule has 102 valence electrons. The highest BCUT2D eigenvalue weighted by atomic mass is 32.2. The predicted molar refractivity (Wildman–Crippen MR) is 72.8 cm³/mol. The van der Waals surface area contributed by atoms with E-state index in [0.29, 0.717) is 17.1 Å². The van der Waals surface area contributed by atoms with Crippen molar-refractivity contribution >= 4 is 9.84 Å². The topological polar surface area (TPSA) is 55.4 Å². The van der Waals surface area contributed by atoms with Gasteiger partial charge >= 0.3 is 0 Å². The number of sulfone groups is 1. The molecule has 0 spiro atoms. The number of ether oxygens (including phenoxy) is 1. The van der Waals surface area contributed by atoms with Crippen LogP contribution >= 0.6 is 0 Å². The fraction of sp³-hybridized carbons (Fsp3) is 0.538. The Morgan fingerprint density at radius 2 is 1.89 bits per heavy atom. The van der Waals surface area contributed by atoms with Gasteiger partial charge in [-0.1, -0.05) is 6.92 Å². The van der Waals surface area contributed by atoms with Crippen LogP contribution in [-0.4, -0.2) is 33.9 Å². The first kappa shape index (κ1) is 15.0. The van der Waals surface area contributed by atoms with Gasteiger partial charge in [0, 0.05) is 6.04 Å². The first-order chi connectivity index (χ1) is 8.49. The zero-order valence-electron chi connectivity index (χ0n) is 11.1. The van der Waals surface area contributed by atoms with Crippen molar-refractivity contribution in [3.05, 3.63) is 24.3 Å². The molecule has 0 aromatic heterocycles. The Morgan fingerprint density at radius 1 is 1.28 bits per heavy atom. The molecule has 18 heavy (non-hydrogen) atoms. The normalized spacial score (nSPS) is 13.3. The standard InChI is InChI=1S/C13H21NO3S/c1-4-14-11(2)9-10-18(15,16)13-7-5-12(17-3)6-8-13/h5-8,11,14H,4,9-10H2,1-3H3. The van der Waals surface area contributed by atoms with Crippen molar-refractivity contribution < 1.29 is 13.2 Å². The third-order valence-electron chi connectivity index (χ3n) is 2.79. The van der Waals surface area contributed by atoms with Crippen LogP contribution in [0.3, 0.4) is 0 Å². The van der Waals surface area contributed by atoms with Gasteiger partial charge in [0.25, 0.3) is 0 Å². The van der Waals surface area contributed by atoms with Gasteiger partial charge in [-0.2, -0.15) is 0 Å². The summed E-state index contributed by atoms with van der Waals surface area (Å²) in [5.41, 5.74) is 0. The SMILES string of the molecule is CCNC(C)CCS(=O)(=O)c1ccc(OC)cc1. The van der Waals surface area contributed by atoms with E-state index >= 15 is 0 Å². The van der Waals surface area contributed by atoms with E-state index in [9.17, 15) is 8.42 Å². The van der Waals surface area contributed by atoms with Crippen LogP contribution in [0.15, 0.2) is 29.2 Å². The molecule has 0 radical (unpaired) electrons. The van der Waals surface area contributed by atoms with Crippen molar-refractivity contribution in [3.63, 3.8) is 0 Å². The van der Waals surface area contributed by atoms with Crippen LogP contribution in [0.25, 0.3) is 0 Å². The van der Waals surface area contributed by atoms with E-state index in [1.165, 1.54) is 0 Å². The third-order valence-corrected chi connectivity index (χ3v) is 4.55. The molecule has 0 amide bonds. The molecule has 4 nitrogen and oxygen atoms in total. The summed E-state index contributed by atoms with van der Waals surface area (Å²) in [6.45, 7) is 4.85. The first-order valence-electron chi connectivity index (χ1n) is 6.09. The molecule has 5 heteroatoms. The Morgan fingerprint density at radius 3 is 2.39 bits per heavy atom. The van der Waals surface area contributed by atoms with E-state index in [4.69, 9.17) is 4.74 Å². The van der Waals surface area contributed by atoms with Gasteiger partial charge in [0.1, 0.15) is 5.75 Å². The molecule has 1 rings (SSSR count). The molecule has 1 aromatic carbocycles. The van der Waals surface area contributed by atoms with Crippen molar-refractivity contribution in [1.29, 1.82) is 0 Å². The molecule has 0 bridgehead atoms. The van der Waals surface area contributed by atoms with Crippen LogP contribution < -0.4 is 10.1 Å². The lowest BCUT2D eigenvalue weighted by Crippen LogP contribution is -2.27. The van der Waals surface area contributed by atoms with Crippen molar-refractivity contribution in [2.75, 3.05) is 19.4 Å². The Bertz CT molecular complexity index is 454. The average Bonchev–Trinajstić information content (AvgIpc) is 2.37. The molecule has 1 N–H and O–H groups in total. The average molecular weight is 271 g/mol. The van der Waals surface area contributed by atoms with E-state index in [0.717, 1.165) is 6.54 Å². The lowest BCUT2D eigenvalue weighted by Gasteiger charge is -2.12. The Labute approximate surface area is 109 Å². The van der Waals surface area contributed by atoms with Gasteiger partial charge in [-0.15, -0.1) is 0 Å². The van der Waals surface area contributed by atoms with Gasteiger partial charge in [0.05, 0.1) is 17.8 Å². The lowest BCUT2D eigenvalue weighted by molar-refractivity contribution is 0.414. The highest BCUT2D eigenvalue weighted by molar-refractivity contribution is 7.91. The van der Waals surface area contributed by atoms with E-state index in [1.54, 1.807) is 31.4 Å². The highest BCUT2D eigenvalue weighted by Gasteiger charge is 2.15. The number of methoxy groups -OCH3 is 1. The molecule has 1 atom stereocenters. The highest BCUT2D eigenvalue weighted by Crippen LogP contribution is 2.17. The predicted octanol–water partition coefficient (Wildman–Crippen LogP) is 1.86. The summed E-state index contributed by atoms with van der Waals surface area (Å²) in [6.07, 6.45) is 0.613. The zero-order valence-corrected chi connectivity index (χ0v) is 12.0. The second kappa shape index (κ2) is 6.75. The van der Waals surface area contributed by atoms with Gasteiger partial charge < -0.3 is 10.1 Å². The fourth-order valence-corrected chi connectivity index (χ4v) is 3.13. The molecular formula is C13H21NO3S. The monoisotopic (exact) mass is 271 g/mol. The molecule has 0 saturated carbocycles. The van der Waals surface area contributed by atoms with Gasteiger partial charge in [-0.3, -0.25) is 0 Å². The Kier molecular flexibility index (Phi) is 5.62. The van der Waals surface area contributed by atoms with Crippen LogP contribution in [0.5, 0.6) is 5.75 Å². The van der Waals surface area contributed by atoms with Crippen LogP contribution in [0, 0.1) is 0 Å². The number of rotatable bonds is 7. The van der Waals surface area contributed by atoms with Gasteiger partial charge in [-0.05, 0) is 44.2 Å². The molecule has 0 saturated heterocycles. The van der Waals surface area contributed by atoms with Crippen LogP contribution in [0.2, 0.25) is 0 Å². The summed E-state index contributed by atoms with van der Waals surface area (Å²) >= 11 is 0. The van der Waals surface area contributed by atoms with Crippen molar-refractivity contribution in [1.82, 2.24) is 5.32 Å². The third kappa shape index (κ3) is 4.31. The van der Waals surface area contributed by atoms with Gasteiger partial charge in [0.15, 0.2) is 9.84 Å². The quantitative estimate of drug-likeness (QED) is 0.822. The van der Waals surface area contributed by atoms with Crippen molar-refractivity contribution in [3.8, 4) is 5.75 Å². The molecule has 1 unspecified atom stereocenters. The summed E-state index contributed by atoms with van der Waals surface area (Å²) in [4.78, 5) is 0.354. The minimum absolute atomic E-state index is 0.160. The van der Waals surface area contributed by atoms with E-state index < -0.39 is 9.84 Å². The summed E-state index contributed by atoms with van der Waals surface area (Å²) < 4.78 is 29.2. The maximum atomic E-state index is 12.1. The number of nitrogens with one attached hydrogen (secondary N) is 1. The van der Waals surface area contributed by atoms with Crippen molar-refractivity contribution in [2.45, 2.75) is 31.2 Å². The summed E-state index contributed by atoms with van der Waals surface area (Å²) in [5, 5.41) is 3.20. The molecule has 1 aromatic rings. The van der Waals surface area contributed by atoms with Crippen LogP contribution in [0.4, 0.5) is 0 Å². The summed E-state index contributed by atoms with van der Waals surface area (Å²) in [7, 11) is -1.64. The molecule has 0 aliphatic carbocycles. The number of benzene rings is 1. The lowest BCUT2D eigenvalue weighted by atomic mass is 10.3. The van der Waals surface area contributed by atoms with Crippen LogP contribution in [0.1, 0.15) is 20.3 Å². The Hall–Kier alpha value is -1.07. The van der Waals surface area contributed by atoms with E-state index in [-0.39, 0.29) is 11.8 Å². The largest absolute Gasteiger partial charge is 0.497 e. The van der Waals surface area contributed by atoms with E-state index in [2.05, 4.69) is 5.32 Å². The molecule has 0 aliphatic heterocycles. The maximum absolute atomic E-state index is 12.1. The summed E-state index contributed by atoms with van der Waals surface area (Å²) in [6, 6.07) is 6.72. The fourth-order valence-electron chi connectivity index (χ4n) is 1.68. The molecule has 0 aliphatic rings. The molecule has 0 fully saturated rings. The van der Waals surface area contributed by atoms with Gasteiger partial charge in [0.2, 0.25) is 0 Å². The number of hydrogen-bond acceptors (Lipinski definition) is 4. The first-order valence-corrected chi connectivity index (χ1v) is 7.75. The maximum Gasteiger partial charge on any atom is 0.178 e. The second-order valence-electron chi connectivity index (χ2n) is 4.24.